The molecule has 0 aliphatic rings. The van der Waals surface area contributed by atoms with Crippen LogP contribution in [0.2, 0.25) is 0 Å². The zero-order valence-corrected chi connectivity index (χ0v) is 10.4. The zero-order valence-electron chi connectivity index (χ0n) is 10.4. The molecule has 3 N–H and O–H groups in total. The van der Waals surface area contributed by atoms with Gasteiger partial charge in [0, 0.05) is 29.3 Å². The summed E-state index contributed by atoms with van der Waals surface area (Å²) in [6.45, 7) is 1.47. The van der Waals surface area contributed by atoms with Crippen molar-refractivity contribution in [1.29, 1.82) is 0 Å². The monoisotopic (exact) mass is 255 g/mol. The Morgan fingerprint density at radius 1 is 1.26 bits per heavy atom. The third-order valence-corrected chi connectivity index (χ3v) is 2.63. The van der Waals surface area contributed by atoms with Crippen molar-refractivity contribution in [3.05, 3.63) is 53.9 Å². The smallest absolute Gasteiger partial charge is 0.259 e. The summed E-state index contributed by atoms with van der Waals surface area (Å²) in [6.07, 6.45) is 2.92. The van der Waals surface area contributed by atoms with Crippen LogP contribution in [0, 0.1) is 0 Å². The minimum Gasteiger partial charge on any atom is -0.398 e. The van der Waals surface area contributed by atoms with Gasteiger partial charge in [0.25, 0.3) is 5.91 Å². The van der Waals surface area contributed by atoms with Gasteiger partial charge in [0.15, 0.2) is 5.78 Å². The van der Waals surface area contributed by atoms with Crippen LogP contribution >= 0.6 is 0 Å². The number of nitrogens with two attached hydrogens (primary N) is 1. The van der Waals surface area contributed by atoms with Crippen molar-refractivity contribution >= 4 is 23.1 Å². The molecule has 0 aliphatic carbocycles. The molecule has 0 radical (unpaired) electrons. The van der Waals surface area contributed by atoms with Gasteiger partial charge in [-0.05, 0) is 25.1 Å². The summed E-state index contributed by atoms with van der Waals surface area (Å²) in [5.74, 6) is -0.414. The summed E-state index contributed by atoms with van der Waals surface area (Å²) >= 11 is 0. The van der Waals surface area contributed by atoms with Crippen LogP contribution in [0.1, 0.15) is 27.6 Å². The fourth-order valence-electron chi connectivity index (χ4n) is 1.61. The number of carbonyl (C=O) groups is 2. The number of amides is 1. The quantitative estimate of drug-likeness (QED) is 0.822. The highest BCUT2D eigenvalue weighted by molar-refractivity contribution is 6.08. The molecule has 5 nitrogen and oxygen atoms in total. The third-order valence-electron chi connectivity index (χ3n) is 2.63. The lowest BCUT2D eigenvalue weighted by atomic mass is 10.1. The number of aromatic nitrogens is 1. The SMILES string of the molecule is CC(=O)c1cccc(NC(=O)c2cnccc2N)c1. The Balaban J connectivity index is 2.22. The average Bonchev–Trinajstić information content (AvgIpc) is 2.39. The van der Waals surface area contributed by atoms with Crippen LogP contribution in [0.4, 0.5) is 11.4 Å². The van der Waals surface area contributed by atoms with Crippen molar-refractivity contribution in [2.45, 2.75) is 6.92 Å². The molecule has 0 aliphatic heterocycles. The van der Waals surface area contributed by atoms with Gasteiger partial charge in [-0.3, -0.25) is 14.6 Å². The van der Waals surface area contributed by atoms with Gasteiger partial charge >= 0.3 is 0 Å². The van der Waals surface area contributed by atoms with Crippen LogP contribution in [0.15, 0.2) is 42.7 Å². The standard InChI is InChI=1S/C14H13N3O2/c1-9(18)10-3-2-4-11(7-10)17-14(19)12-8-16-6-5-13(12)15/h2-8H,1H3,(H2,15,16)(H,17,19). The second-order valence-corrected chi connectivity index (χ2v) is 4.05. The average molecular weight is 255 g/mol. The lowest BCUT2D eigenvalue weighted by molar-refractivity contribution is 0.101. The number of rotatable bonds is 3. The molecule has 2 rings (SSSR count). The summed E-state index contributed by atoms with van der Waals surface area (Å²) in [7, 11) is 0. The number of hydrogen-bond donors (Lipinski definition) is 2. The molecule has 1 aromatic carbocycles. The summed E-state index contributed by atoms with van der Waals surface area (Å²) in [6, 6.07) is 8.28. The minimum absolute atomic E-state index is 0.0583. The van der Waals surface area contributed by atoms with Crippen molar-refractivity contribution in [2.24, 2.45) is 0 Å². The van der Waals surface area contributed by atoms with Gasteiger partial charge in [-0.25, -0.2) is 0 Å². The van der Waals surface area contributed by atoms with Gasteiger partial charge in [-0.15, -0.1) is 0 Å². The molecule has 0 saturated heterocycles. The second kappa shape index (κ2) is 5.30. The number of ketones is 1. The van der Waals surface area contributed by atoms with Crippen molar-refractivity contribution in [2.75, 3.05) is 11.1 Å². The maximum absolute atomic E-state index is 12.0. The van der Waals surface area contributed by atoms with Gasteiger partial charge in [0.05, 0.1) is 5.56 Å². The molecular formula is C14H13N3O2. The summed E-state index contributed by atoms with van der Waals surface area (Å²) < 4.78 is 0. The number of Topliss-reactive ketones (excluding diaryl/α,β-unsaturated/α-hetero) is 1. The van der Waals surface area contributed by atoms with E-state index in [-0.39, 0.29) is 11.7 Å². The van der Waals surface area contributed by atoms with Crippen molar-refractivity contribution in [3.8, 4) is 0 Å². The number of anilines is 2. The number of nitrogens with one attached hydrogen (secondary N) is 1. The molecule has 1 amide bonds. The van der Waals surface area contributed by atoms with Gasteiger partial charge in [0.2, 0.25) is 0 Å². The lowest BCUT2D eigenvalue weighted by Gasteiger charge is -2.07. The van der Waals surface area contributed by atoms with E-state index in [9.17, 15) is 9.59 Å². The number of benzene rings is 1. The van der Waals surface area contributed by atoms with E-state index in [0.29, 0.717) is 22.5 Å². The molecule has 1 heterocycles. The topological polar surface area (TPSA) is 85.1 Å². The van der Waals surface area contributed by atoms with Crippen LogP contribution in [-0.2, 0) is 0 Å². The summed E-state index contributed by atoms with van der Waals surface area (Å²) in [5, 5.41) is 2.68. The van der Waals surface area contributed by atoms with Gasteiger partial charge in [-0.1, -0.05) is 12.1 Å². The maximum atomic E-state index is 12.0. The van der Waals surface area contributed by atoms with E-state index in [1.807, 2.05) is 0 Å². The van der Waals surface area contributed by atoms with E-state index >= 15 is 0 Å². The highest BCUT2D eigenvalue weighted by Crippen LogP contribution is 2.15. The number of pyridine rings is 1. The Hall–Kier alpha value is -2.69. The molecule has 0 saturated carbocycles. The molecule has 0 spiro atoms. The van der Waals surface area contributed by atoms with Gasteiger partial charge in [0.1, 0.15) is 0 Å². The van der Waals surface area contributed by atoms with E-state index in [4.69, 9.17) is 5.73 Å². The highest BCUT2D eigenvalue weighted by atomic mass is 16.1. The summed E-state index contributed by atoms with van der Waals surface area (Å²) in [4.78, 5) is 27.1. The van der Waals surface area contributed by atoms with Crippen LogP contribution in [-0.4, -0.2) is 16.7 Å². The number of hydrogen-bond acceptors (Lipinski definition) is 4. The number of carbonyl (C=O) groups excluding carboxylic acids is 2. The van der Waals surface area contributed by atoms with Crippen LogP contribution in [0.3, 0.4) is 0 Å². The van der Waals surface area contributed by atoms with Crippen molar-refractivity contribution in [1.82, 2.24) is 4.98 Å². The molecule has 19 heavy (non-hydrogen) atoms. The first-order valence-corrected chi connectivity index (χ1v) is 5.70. The molecule has 1 aromatic heterocycles. The van der Waals surface area contributed by atoms with E-state index < -0.39 is 0 Å². The summed E-state index contributed by atoms with van der Waals surface area (Å²) in [5.41, 5.74) is 7.44. The predicted octanol–water partition coefficient (Wildman–Crippen LogP) is 2.12. The first-order chi connectivity index (χ1) is 9.08. The number of nitrogen functional groups attached to an aromatic ring is 1. The molecule has 0 bridgehead atoms. The molecule has 5 heteroatoms. The van der Waals surface area contributed by atoms with Crippen LogP contribution < -0.4 is 11.1 Å². The van der Waals surface area contributed by atoms with E-state index in [0.717, 1.165) is 0 Å². The fourth-order valence-corrected chi connectivity index (χ4v) is 1.61. The Kier molecular flexibility index (Phi) is 3.56. The first-order valence-electron chi connectivity index (χ1n) is 5.70. The minimum atomic E-state index is -0.355. The Morgan fingerprint density at radius 2 is 2.05 bits per heavy atom. The molecule has 0 atom stereocenters. The molecule has 0 unspecified atom stereocenters. The Morgan fingerprint density at radius 3 is 2.74 bits per heavy atom. The van der Waals surface area contributed by atoms with Gasteiger partial charge < -0.3 is 11.1 Å². The first kappa shape index (κ1) is 12.8. The Labute approximate surface area is 110 Å². The van der Waals surface area contributed by atoms with E-state index in [1.54, 1.807) is 30.3 Å². The second-order valence-electron chi connectivity index (χ2n) is 4.05. The van der Waals surface area contributed by atoms with Crippen LogP contribution in [0.25, 0.3) is 0 Å². The third kappa shape index (κ3) is 2.95. The van der Waals surface area contributed by atoms with Crippen LogP contribution in [0.5, 0.6) is 0 Å². The lowest BCUT2D eigenvalue weighted by Crippen LogP contribution is -2.14. The predicted molar refractivity (Wildman–Crippen MR) is 73.0 cm³/mol. The molecule has 2 aromatic rings. The highest BCUT2D eigenvalue weighted by Gasteiger charge is 2.10. The maximum Gasteiger partial charge on any atom is 0.259 e. The van der Waals surface area contributed by atoms with E-state index in [1.165, 1.54) is 19.3 Å². The van der Waals surface area contributed by atoms with Gasteiger partial charge in [-0.2, -0.15) is 0 Å². The van der Waals surface area contributed by atoms with Crippen molar-refractivity contribution < 1.29 is 9.59 Å². The molecule has 0 fully saturated rings. The Bertz CT molecular complexity index is 638. The normalized spacial score (nSPS) is 9.95. The number of nitrogens with zero attached hydrogens (tertiary/aromatic N) is 1. The fraction of sp³-hybridized carbons (Fsp3) is 0.0714. The largest absolute Gasteiger partial charge is 0.398 e. The molecule has 96 valence electrons. The van der Waals surface area contributed by atoms with E-state index in [2.05, 4.69) is 10.3 Å². The van der Waals surface area contributed by atoms with Crippen molar-refractivity contribution in [3.63, 3.8) is 0 Å². The molecular weight excluding hydrogens is 242 g/mol. The zero-order chi connectivity index (χ0) is 13.8.